The number of aliphatic hydroxyl groups excluding tert-OH is 1. The first-order valence-corrected chi connectivity index (χ1v) is 6.99. The molecule has 0 spiro atoms. The van der Waals surface area contributed by atoms with Crippen LogP contribution < -0.4 is 5.00 Å². The van der Waals surface area contributed by atoms with Gasteiger partial charge in [0, 0.05) is 5.92 Å². The van der Waals surface area contributed by atoms with Crippen molar-refractivity contribution in [2.75, 3.05) is 0 Å². The smallest absolute Gasteiger partial charge is 0.340 e. The molecule has 0 aromatic rings. The summed E-state index contributed by atoms with van der Waals surface area (Å²) in [6.07, 6.45) is -0.821. The molecular formula is C10H16BN2O5P. The van der Waals surface area contributed by atoms with E-state index in [1.54, 1.807) is 14.9 Å². The second-order valence-corrected chi connectivity index (χ2v) is 5.78. The van der Waals surface area contributed by atoms with Crippen LogP contribution in [-0.2, 0) is 18.9 Å². The average Bonchev–Trinajstić information content (AvgIpc) is 2.57. The Morgan fingerprint density at radius 2 is 2.21 bits per heavy atom. The van der Waals surface area contributed by atoms with Gasteiger partial charge in [0.25, 0.3) is 0 Å². The van der Waals surface area contributed by atoms with Crippen molar-refractivity contribution >= 4 is 34.6 Å². The van der Waals surface area contributed by atoms with Gasteiger partial charge in [-0.25, -0.2) is 4.79 Å². The molecule has 0 aromatic carbocycles. The lowest BCUT2D eigenvalue weighted by Gasteiger charge is -2.46. The molecule has 0 bridgehead atoms. The summed E-state index contributed by atoms with van der Waals surface area (Å²) in [4.78, 5) is 39.8. The second-order valence-electron chi connectivity index (χ2n) is 4.87. The molecule has 1 amide bonds. The van der Waals surface area contributed by atoms with E-state index in [0.29, 0.717) is 0 Å². The van der Waals surface area contributed by atoms with Crippen molar-refractivity contribution in [3.63, 3.8) is 0 Å². The maximum Gasteiger partial charge on any atom is 0.340 e. The Kier molecular flexibility index (Phi) is 3.94. The SMILES string of the molecule is BNPOC(=O)C1C(=O)[C@H](C)C2[C@@H]([C@@H](C)O)C(=O)N12. The number of β-lactam (4-membered cyclic amide) rings is 1. The fraction of sp³-hybridized carbons (Fsp3) is 0.700. The second kappa shape index (κ2) is 5.19. The number of hydrogen-bond donors (Lipinski definition) is 2. The predicted molar refractivity (Wildman–Crippen MR) is 69.9 cm³/mol. The molecular weight excluding hydrogens is 270 g/mol. The molecule has 2 saturated heterocycles. The third-order valence-corrected chi connectivity index (χ3v) is 4.24. The van der Waals surface area contributed by atoms with E-state index in [4.69, 9.17) is 4.52 Å². The number of rotatable bonds is 4. The molecule has 2 aliphatic heterocycles. The van der Waals surface area contributed by atoms with E-state index in [-0.39, 0.29) is 20.6 Å². The van der Waals surface area contributed by atoms with Crippen LogP contribution in [0.2, 0.25) is 0 Å². The minimum atomic E-state index is -1.15. The van der Waals surface area contributed by atoms with Crippen LogP contribution >= 0.6 is 8.96 Å². The number of ketones is 1. The Balaban J connectivity index is 2.18. The molecule has 0 aliphatic carbocycles. The normalized spacial score (nSPS) is 35.4. The highest BCUT2D eigenvalue weighted by Crippen LogP contribution is 2.43. The molecule has 6 atom stereocenters. The van der Waals surface area contributed by atoms with E-state index in [0.717, 1.165) is 0 Å². The van der Waals surface area contributed by atoms with Crippen LogP contribution in [0.5, 0.6) is 0 Å². The van der Waals surface area contributed by atoms with Gasteiger partial charge in [-0.2, -0.15) is 0 Å². The molecule has 0 aromatic heterocycles. The number of Topliss-reactive ketones (excluding diaryl/α,β-unsaturated/α-hetero) is 1. The van der Waals surface area contributed by atoms with Gasteiger partial charge in [0.05, 0.1) is 18.1 Å². The fourth-order valence-electron chi connectivity index (χ4n) is 2.84. The van der Waals surface area contributed by atoms with Gasteiger partial charge in [-0.1, -0.05) is 6.92 Å². The quantitative estimate of drug-likeness (QED) is 0.268. The maximum atomic E-state index is 12.1. The lowest BCUT2D eigenvalue weighted by Crippen LogP contribution is -2.65. The topological polar surface area (TPSA) is 95.9 Å². The van der Waals surface area contributed by atoms with E-state index in [9.17, 15) is 19.5 Å². The molecule has 2 heterocycles. The Morgan fingerprint density at radius 1 is 1.58 bits per heavy atom. The Labute approximate surface area is 113 Å². The van der Waals surface area contributed by atoms with Crippen molar-refractivity contribution in [3.05, 3.63) is 0 Å². The Bertz CT molecular complexity index is 432. The van der Waals surface area contributed by atoms with E-state index in [1.165, 1.54) is 11.8 Å². The van der Waals surface area contributed by atoms with Gasteiger partial charge in [0.1, 0.15) is 8.96 Å². The molecule has 0 radical (unpaired) electrons. The van der Waals surface area contributed by atoms with Gasteiger partial charge in [0.2, 0.25) is 5.91 Å². The third kappa shape index (κ3) is 2.08. The Morgan fingerprint density at radius 3 is 2.74 bits per heavy atom. The third-order valence-electron chi connectivity index (χ3n) is 3.73. The van der Waals surface area contributed by atoms with Gasteiger partial charge in [-0.15, -0.1) is 0 Å². The highest BCUT2D eigenvalue weighted by molar-refractivity contribution is 7.32. The summed E-state index contributed by atoms with van der Waals surface area (Å²) in [6, 6.07) is -1.54. The number of nitrogens with one attached hydrogen (secondary N) is 1. The number of hydrogen-bond acceptors (Lipinski definition) is 6. The van der Waals surface area contributed by atoms with Crippen molar-refractivity contribution in [2.24, 2.45) is 11.8 Å². The van der Waals surface area contributed by atoms with Gasteiger partial charge in [-0.05, 0) is 6.92 Å². The first-order chi connectivity index (χ1) is 8.91. The first kappa shape index (κ1) is 14.4. The summed E-state index contributed by atoms with van der Waals surface area (Å²) in [5.74, 6) is -2.42. The van der Waals surface area contributed by atoms with Crippen LogP contribution in [0.1, 0.15) is 13.8 Å². The summed E-state index contributed by atoms with van der Waals surface area (Å²) in [5, 5.41) is 9.58. The molecule has 9 heteroatoms. The van der Waals surface area contributed by atoms with Crippen LogP contribution in [-0.4, -0.2) is 53.8 Å². The van der Waals surface area contributed by atoms with Gasteiger partial charge in [-0.3, -0.25) is 9.59 Å². The van der Waals surface area contributed by atoms with E-state index in [2.05, 4.69) is 5.00 Å². The number of carbonyl (C=O) groups excluding carboxylic acids is 3. The van der Waals surface area contributed by atoms with E-state index < -0.39 is 36.0 Å². The number of carbonyl (C=O) groups is 3. The number of amides is 1. The zero-order valence-corrected chi connectivity index (χ0v) is 11.9. The highest BCUT2D eigenvalue weighted by Gasteiger charge is 2.64. The number of fused-ring (bicyclic) bond motifs is 1. The first-order valence-electron chi connectivity index (χ1n) is 6.08. The van der Waals surface area contributed by atoms with Crippen molar-refractivity contribution < 1.29 is 24.0 Å². The number of nitrogens with zero attached hydrogens (tertiary/aromatic N) is 1. The summed E-state index contributed by atoms with van der Waals surface area (Å²) in [7, 11) is 1.37. The van der Waals surface area contributed by atoms with E-state index in [1.807, 2.05) is 0 Å². The molecule has 2 fully saturated rings. The van der Waals surface area contributed by atoms with E-state index >= 15 is 0 Å². The average molecular weight is 286 g/mol. The largest absolute Gasteiger partial charge is 0.431 e. The predicted octanol–water partition coefficient (Wildman–Crippen LogP) is -2.03. The molecule has 7 nitrogen and oxygen atoms in total. The Hall–Kier alpha value is -0.975. The molecule has 3 unspecified atom stereocenters. The molecule has 0 saturated carbocycles. The summed E-state index contributed by atoms with van der Waals surface area (Å²) in [6.45, 7) is 3.20. The molecule has 19 heavy (non-hydrogen) atoms. The van der Waals surface area contributed by atoms with Gasteiger partial charge < -0.3 is 19.5 Å². The minimum absolute atomic E-state index is 0.248. The lowest BCUT2D eigenvalue weighted by molar-refractivity contribution is -0.170. The summed E-state index contributed by atoms with van der Waals surface area (Å²) >= 11 is 0. The van der Waals surface area contributed by atoms with Gasteiger partial charge >= 0.3 is 5.97 Å². The standard InChI is InChI=1S/C10H16BN2O5P/c1-3-6-5(4(2)14)9(16)13(6)7(8(3)15)10(17)18-19-12-11/h3-7,12,14,19H,11H2,1-2H3/t3-,4-,5-,6?,7?/m1/s1. The van der Waals surface area contributed by atoms with Crippen LogP contribution in [0, 0.1) is 11.8 Å². The van der Waals surface area contributed by atoms with Crippen LogP contribution in [0.15, 0.2) is 0 Å². The van der Waals surface area contributed by atoms with Crippen LogP contribution in [0.3, 0.4) is 0 Å². The molecule has 2 rings (SSSR count). The zero-order valence-electron chi connectivity index (χ0n) is 10.9. The van der Waals surface area contributed by atoms with Crippen LogP contribution in [0.25, 0.3) is 0 Å². The highest BCUT2D eigenvalue weighted by atomic mass is 31.1. The summed E-state index contributed by atoms with van der Waals surface area (Å²) < 4.78 is 4.89. The van der Waals surface area contributed by atoms with Crippen molar-refractivity contribution in [1.82, 2.24) is 9.90 Å². The number of aliphatic hydroxyl groups is 1. The van der Waals surface area contributed by atoms with Crippen molar-refractivity contribution in [1.29, 1.82) is 0 Å². The minimum Gasteiger partial charge on any atom is -0.431 e. The molecule has 2 N–H and O–H groups in total. The van der Waals surface area contributed by atoms with Gasteiger partial charge in [0.15, 0.2) is 19.8 Å². The molecule has 2 aliphatic rings. The zero-order chi connectivity index (χ0) is 14.3. The van der Waals surface area contributed by atoms with Crippen LogP contribution in [0.4, 0.5) is 0 Å². The lowest BCUT2D eigenvalue weighted by atomic mass is 9.79. The maximum absolute atomic E-state index is 12.1. The van der Waals surface area contributed by atoms with Crippen molar-refractivity contribution in [2.45, 2.75) is 32.0 Å². The fourth-order valence-corrected chi connectivity index (χ4v) is 3.15. The van der Waals surface area contributed by atoms with Crippen molar-refractivity contribution in [3.8, 4) is 0 Å². The summed E-state index contributed by atoms with van der Waals surface area (Å²) in [5.41, 5.74) is 0. The monoisotopic (exact) mass is 286 g/mol. The molecule has 104 valence electrons.